The maximum Gasteiger partial charge on any atom is 0.224 e. The quantitative estimate of drug-likeness (QED) is 0.884. The summed E-state index contributed by atoms with van der Waals surface area (Å²) >= 11 is 1.81. The molecule has 0 bridgehead atoms. The highest BCUT2D eigenvalue weighted by Gasteiger charge is 2.44. The molecule has 1 aromatic heterocycles. The molecule has 3 rings (SSSR count). The Bertz CT molecular complexity index is 665. The summed E-state index contributed by atoms with van der Waals surface area (Å²) in [6, 6.07) is 12.4. The summed E-state index contributed by atoms with van der Waals surface area (Å²) in [6.07, 6.45) is 0.978. The second-order valence-electron chi connectivity index (χ2n) is 5.82. The Labute approximate surface area is 135 Å². The lowest BCUT2D eigenvalue weighted by Gasteiger charge is -2.10. The van der Waals surface area contributed by atoms with Gasteiger partial charge >= 0.3 is 0 Å². The molecule has 3 nitrogen and oxygen atoms in total. The summed E-state index contributed by atoms with van der Waals surface area (Å²) in [4.78, 5) is 15.0. The molecule has 2 aromatic rings. The molecule has 116 valence electrons. The van der Waals surface area contributed by atoms with E-state index in [9.17, 15) is 4.79 Å². The number of thiophene rings is 1. The van der Waals surface area contributed by atoms with Crippen molar-refractivity contribution in [1.82, 2.24) is 5.32 Å². The molecule has 0 aliphatic heterocycles. The molecule has 1 heterocycles. The molecule has 1 N–H and O–H groups in total. The number of rotatable bonds is 6. The maximum absolute atomic E-state index is 12.3. The van der Waals surface area contributed by atoms with Gasteiger partial charge in [-0.15, -0.1) is 11.3 Å². The molecule has 0 radical (unpaired) electrons. The fraction of sp³-hybridized carbons (Fsp3) is 0.389. The lowest BCUT2D eigenvalue weighted by Crippen LogP contribution is -2.25. The standard InChI is InChI=1S/C18H21NO2S/c1-12-7-8-17(22-12)15-9-16(15)18(20)19-10-13-5-3-4-6-14(13)11-21-2/h3-8,15-16H,9-11H2,1-2H3,(H,19,20). The first-order chi connectivity index (χ1) is 10.7. The van der Waals surface area contributed by atoms with E-state index in [1.165, 1.54) is 9.75 Å². The number of methoxy groups -OCH3 is 1. The van der Waals surface area contributed by atoms with Crippen molar-refractivity contribution in [3.63, 3.8) is 0 Å². The van der Waals surface area contributed by atoms with Crippen LogP contribution in [0.15, 0.2) is 36.4 Å². The topological polar surface area (TPSA) is 38.3 Å². The molecule has 0 spiro atoms. The Morgan fingerprint density at radius 1 is 1.27 bits per heavy atom. The van der Waals surface area contributed by atoms with Gasteiger partial charge in [0, 0.05) is 35.2 Å². The molecule has 1 aliphatic rings. The summed E-state index contributed by atoms with van der Waals surface area (Å²) in [5.41, 5.74) is 2.26. The van der Waals surface area contributed by atoms with Crippen LogP contribution in [0, 0.1) is 12.8 Å². The number of carbonyl (C=O) groups is 1. The minimum absolute atomic E-state index is 0.146. The van der Waals surface area contributed by atoms with Crippen molar-refractivity contribution in [2.75, 3.05) is 7.11 Å². The molecule has 1 aromatic carbocycles. The van der Waals surface area contributed by atoms with E-state index >= 15 is 0 Å². The molecule has 1 amide bonds. The molecule has 4 heteroatoms. The van der Waals surface area contributed by atoms with E-state index in [2.05, 4.69) is 24.4 Å². The van der Waals surface area contributed by atoms with Gasteiger partial charge in [-0.2, -0.15) is 0 Å². The van der Waals surface area contributed by atoms with Gasteiger partial charge < -0.3 is 10.1 Å². The van der Waals surface area contributed by atoms with Gasteiger partial charge in [-0.3, -0.25) is 4.79 Å². The zero-order valence-corrected chi connectivity index (χ0v) is 13.8. The summed E-state index contributed by atoms with van der Waals surface area (Å²) in [5, 5.41) is 3.08. The largest absolute Gasteiger partial charge is 0.380 e. The van der Waals surface area contributed by atoms with Crippen molar-refractivity contribution in [3.8, 4) is 0 Å². The number of carbonyl (C=O) groups excluding carboxylic acids is 1. The normalized spacial score (nSPS) is 19.9. The number of hydrogen-bond acceptors (Lipinski definition) is 3. The maximum atomic E-state index is 12.3. The number of ether oxygens (including phenoxy) is 1. The molecule has 1 fully saturated rings. The van der Waals surface area contributed by atoms with E-state index in [-0.39, 0.29) is 11.8 Å². The van der Waals surface area contributed by atoms with Crippen LogP contribution in [0.3, 0.4) is 0 Å². The van der Waals surface area contributed by atoms with Gasteiger partial charge in [0.1, 0.15) is 0 Å². The fourth-order valence-electron chi connectivity index (χ4n) is 2.79. The monoisotopic (exact) mass is 315 g/mol. The predicted octanol–water partition coefficient (Wildman–Crippen LogP) is 3.62. The third-order valence-corrected chi connectivity index (χ3v) is 5.26. The summed E-state index contributed by atoms with van der Waals surface area (Å²) < 4.78 is 5.20. The Morgan fingerprint density at radius 3 is 2.73 bits per heavy atom. The first-order valence-electron chi connectivity index (χ1n) is 7.59. The van der Waals surface area contributed by atoms with Gasteiger partial charge in [0.2, 0.25) is 5.91 Å². The zero-order chi connectivity index (χ0) is 15.5. The van der Waals surface area contributed by atoms with Gasteiger partial charge in [-0.25, -0.2) is 0 Å². The molecular weight excluding hydrogens is 294 g/mol. The Balaban J connectivity index is 1.55. The zero-order valence-electron chi connectivity index (χ0n) is 13.0. The van der Waals surface area contributed by atoms with Crippen LogP contribution in [0.2, 0.25) is 0 Å². The SMILES string of the molecule is COCc1ccccc1CNC(=O)C1CC1c1ccc(C)s1. The first kappa shape index (κ1) is 15.3. The average Bonchev–Trinajstić information content (AvgIpc) is 3.21. The van der Waals surface area contributed by atoms with Gasteiger partial charge in [0.05, 0.1) is 6.61 Å². The van der Waals surface area contributed by atoms with Gasteiger partial charge in [-0.1, -0.05) is 24.3 Å². The van der Waals surface area contributed by atoms with Gasteiger partial charge in [0.25, 0.3) is 0 Å². The second kappa shape index (κ2) is 6.63. The van der Waals surface area contributed by atoms with Crippen molar-refractivity contribution in [2.24, 2.45) is 5.92 Å². The van der Waals surface area contributed by atoms with Crippen LogP contribution in [-0.2, 0) is 22.7 Å². The Hall–Kier alpha value is -1.65. The summed E-state index contributed by atoms with van der Waals surface area (Å²) in [5.74, 6) is 0.740. The number of benzene rings is 1. The number of hydrogen-bond donors (Lipinski definition) is 1. The van der Waals surface area contributed by atoms with E-state index < -0.39 is 0 Å². The molecule has 22 heavy (non-hydrogen) atoms. The van der Waals surface area contributed by atoms with E-state index in [0.717, 1.165) is 17.5 Å². The third-order valence-electron chi connectivity index (χ3n) is 4.13. The second-order valence-corrected chi connectivity index (χ2v) is 7.14. The molecule has 0 saturated heterocycles. The van der Waals surface area contributed by atoms with Crippen LogP contribution in [-0.4, -0.2) is 13.0 Å². The van der Waals surface area contributed by atoms with E-state index in [1.54, 1.807) is 18.4 Å². The van der Waals surface area contributed by atoms with E-state index in [4.69, 9.17) is 4.74 Å². The highest BCUT2D eigenvalue weighted by Crippen LogP contribution is 2.49. The van der Waals surface area contributed by atoms with Crippen LogP contribution in [0.1, 0.15) is 33.2 Å². The number of nitrogens with one attached hydrogen (secondary N) is 1. The van der Waals surface area contributed by atoms with Crippen LogP contribution >= 0.6 is 11.3 Å². The van der Waals surface area contributed by atoms with Crippen LogP contribution in [0.5, 0.6) is 0 Å². The smallest absolute Gasteiger partial charge is 0.224 e. The summed E-state index contributed by atoms with van der Waals surface area (Å²) in [7, 11) is 1.69. The minimum Gasteiger partial charge on any atom is -0.380 e. The van der Waals surface area contributed by atoms with Crippen molar-refractivity contribution in [3.05, 3.63) is 57.3 Å². The van der Waals surface area contributed by atoms with Crippen molar-refractivity contribution >= 4 is 17.2 Å². The molecule has 2 unspecified atom stereocenters. The lowest BCUT2D eigenvalue weighted by atomic mass is 10.1. The molecule has 2 atom stereocenters. The Morgan fingerprint density at radius 2 is 2.05 bits per heavy atom. The highest BCUT2D eigenvalue weighted by atomic mass is 32.1. The van der Waals surface area contributed by atoms with Gasteiger partial charge in [0.15, 0.2) is 0 Å². The molecular formula is C18H21NO2S. The van der Waals surface area contributed by atoms with Crippen molar-refractivity contribution < 1.29 is 9.53 Å². The van der Waals surface area contributed by atoms with Gasteiger partial charge in [-0.05, 0) is 36.6 Å². The number of aryl methyl sites for hydroxylation is 1. The van der Waals surface area contributed by atoms with Crippen molar-refractivity contribution in [1.29, 1.82) is 0 Å². The first-order valence-corrected chi connectivity index (χ1v) is 8.40. The Kier molecular flexibility index (Phi) is 4.60. The van der Waals surface area contributed by atoms with Crippen molar-refractivity contribution in [2.45, 2.75) is 32.4 Å². The average molecular weight is 315 g/mol. The molecule has 1 saturated carbocycles. The predicted molar refractivity (Wildman–Crippen MR) is 88.9 cm³/mol. The summed E-state index contributed by atoms with van der Waals surface area (Å²) in [6.45, 7) is 3.26. The number of amides is 1. The van der Waals surface area contributed by atoms with E-state index in [0.29, 0.717) is 19.1 Å². The van der Waals surface area contributed by atoms with E-state index in [1.807, 2.05) is 24.3 Å². The van der Waals surface area contributed by atoms with Crippen LogP contribution in [0.25, 0.3) is 0 Å². The minimum atomic E-state index is 0.146. The fourth-order valence-corrected chi connectivity index (χ4v) is 3.85. The molecule has 1 aliphatic carbocycles. The lowest BCUT2D eigenvalue weighted by molar-refractivity contribution is -0.122. The third kappa shape index (κ3) is 3.39. The van der Waals surface area contributed by atoms with Crippen LogP contribution < -0.4 is 5.32 Å². The van der Waals surface area contributed by atoms with Crippen LogP contribution in [0.4, 0.5) is 0 Å². The highest BCUT2D eigenvalue weighted by molar-refractivity contribution is 7.12.